The molecule has 1 N–H and O–H groups in total. The maximum Gasteiger partial charge on any atom is 0.262 e. The number of benzene rings is 2. The Kier molecular flexibility index (Phi) is 6.44. The topological polar surface area (TPSA) is 60.5 Å². The highest BCUT2D eigenvalue weighted by Gasteiger charge is 2.09. The molecule has 2 aromatic carbocycles. The van der Waals surface area contributed by atoms with E-state index in [1.165, 1.54) is 16.9 Å². The summed E-state index contributed by atoms with van der Waals surface area (Å²) < 4.78 is 11.3. The van der Waals surface area contributed by atoms with E-state index in [2.05, 4.69) is 24.1 Å². The second-order valence-electron chi connectivity index (χ2n) is 6.33. The van der Waals surface area contributed by atoms with Gasteiger partial charge in [0, 0.05) is 5.38 Å². The number of nitrogens with one attached hydrogen (secondary N) is 1. The minimum Gasteiger partial charge on any atom is -0.485 e. The van der Waals surface area contributed by atoms with Gasteiger partial charge in [0.1, 0.15) is 18.1 Å². The van der Waals surface area contributed by atoms with Gasteiger partial charge in [0.15, 0.2) is 6.61 Å². The Morgan fingerprint density at radius 1 is 1.11 bits per heavy atom. The molecule has 0 atom stereocenters. The van der Waals surface area contributed by atoms with E-state index in [9.17, 15) is 4.79 Å². The minimum absolute atomic E-state index is 0.0680. The van der Waals surface area contributed by atoms with Gasteiger partial charge in [0.05, 0.1) is 16.9 Å². The molecule has 140 valence electrons. The molecule has 0 spiro atoms. The number of para-hydroxylation sites is 2. The Morgan fingerprint density at radius 3 is 2.59 bits per heavy atom. The molecule has 3 aromatic rings. The standard InChI is InChI=1S/C21H22N2O3S/c1-15(2)16-7-9-18(10-8-16)25-12-21(24)23-19-5-3-4-6-20(19)26-11-17-13-27-14-22-17/h3-10,13-15H,11-12H2,1-2H3,(H,23,24). The van der Waals surface area contributed by atoms with Gasteiger partial charge in [-0.05, 0) is 35.7 Å². The molecule has 0 fully saturated rings. The van der Waals surface area contributed by atoms with Gasteiger partial charge in [0.2, 0.25) is 0 Å². The van der Waals surface area contributed by atoms with Crippen LogP contribution in [0, 0.1) is 0 Å². The van der Waals surface area contributed by atoms with Crippen molar-refractivity contribution >= 4 is 22.9 Å². The molecule has 0 unspecified atom stereocenters. The lowest BCUT2D eigenvalue weighted by Crippen LogP contribution is -2.20. The van der Waals surface area contributed by atoms with Crippen LogP contribution in [0.15, 0.2) is 59.4 Å². The molecule has 6 heteroatoms. The van der Waals surface area contributed by atoms with Gasteiger partial charge in [-0.15, -0.1) is 11.3 Å². The summed E-state index contributed by atoms with van der Waals surface area (Å²) in [5, 5.41) is 4.76. The quantitative estimate of drug-likeness (QED) is 0.604. The number of amides is 1. The lowest BCUT2D eigenvalue weighted by atomic mass is 10.0. The summed E-state index contributed by atoms with van der Waals surface area (Å²) in [6.45, 7) is 4.56. The lowest BCUT2D eigenvalue weighted by molar-refractivity contribution is -0.118. The van der Waals surface area contributed by atoms with Crippen molar-refractivity contribution in [1.82, 2.24) is 4.98 Å². The molecule has 0 saturated carbocycles. The smallest absolute Gasteiger partial charge is 0.262 e. The molecule has 1 heterocycles. The molecule has 3 rings (SSSR count). The molecule has 5 nitrogen and oxygen atoms in total. The van der Waals surface area contributed by atoms with Crippen molar-refractivity contribution < 1.29 is 14.3 Å². The molecule has 27 heavy (non-hydrogen) atoms. The van der Waals surface area contributed by atoms with E-state index in [1.807, 2.05) is 47.8 Å². The monoisotopic (exact) mass is 382 g/mol. The zero-order valence-electron chi connectivity index (χ0n) is 15.3. The number of ether oxygens (including phenoxy) is 2. The van der Waals surface area contributed by atoms with E-state index < -0.39 is 0 Å². The summed E-state index contributed by atoms with van der Waals surface area (Å²) in [7, 11) is 0. The van der Waals surface area contributed by atoms with Crippen LogP contribution in [0.4, 0.5) is 5.69 Å². The maximum atomic E-state index is 12.2. The van der Waals surface area contributed by atoms with E-state index in [0.717, 1.165) is 5.69 Å². The second kappa shape index (κ2) is 9.19. The predicted octanol–water partition coefficient (Wildman–Crippen LogP) is 4.86. The summed E-state index contributed by atoms with van der Waals surface area (Å²) in [4.78, 5) is 16.4. The van der Waals surface area contributed by atoms with Crippen LogP contribution in [-0.4, -0.2) is 17.5 Å². The molecule has 1 aromatic heterocycles. The van der Waals surface area contributed by atoms with Crippen LogP contribution in [0.5, 0.6) is 11.5 Å². The first-order valence-corrected chi connectivity index (χ1v) is 9.67. The lowest BCUT2D eigenvalue weighted by Gasteiger charge is -2.12. The Bertz CT molecular complexity index is 861. The average Bonchev–Trinajstić information content (AvgIpc) is 3.19. The van der Waals surface area contributed by atoms with Crippen molar-refractivity contribution in [3.8, 4) is 11.5 Å². The van der Waals surface area contributed by atoms with Crippen LogP contribution in [-0.2, 0) is 11.4 Å². The zero-order chi connectivity index (χ0) is 19.1. The number of carbonyl (C=O) groups is 1. The summed E-state index contributed by atoms with van der Waals surface area (Å²) >= 11 is 1.52. The van der Waals surface area contributed by atoms with Gasteiger partial charge in [-0.2, -0.15) is 0 Å². The van der Waals surface area contributed by atoms with Crippen molar-refractivity contribution in [2.24, 2.45) is 0 Å². The van der Waals surface area contributed by atoms with E-state index in [1.54, 1.807) is 11.6 Å². The van der Waals surface area contributed by atoms with E-state index >= 15 is 0 Å². The largest absolute Gasteiger partial charge is 0.485 e. The zero-order valence-corrected chi connectivity index (χ0v) is 16.2. The average molecular weight is 382 g/mol. The summed E-state index contributed by atoms with van der Waals surface area (Å²) in [5.41, 5.74) is 4.46. The van der Waals surface area contributed by atoms with Crippen LogP contribution in [0.25, 0.3) is 0 Å². The van der Waals surface area contributed by atoms with Crippen LogP contribution in [0.1, 0.15) is 31.0 Å². The van der Waals surface area contributed by atoms with Crippen LogP contribution >= 0.6 is 11.3 Å². The molecular weight excluding hydrogens is 360 g/mol. The molecule has 0 aliphatic carbocycles. The Balaban J connectivity index is 1.54. The normalized spacial score (nSPS) is 10.6. The van der Waals surface area contributed by atoms with Crippen molar-refractivity contribution in [2.75, 3.05) is 11.9 Å². The molecule has 0 aliphatic heterocycles. The highest BCUT2D eigenvalue weighted by molar-refractivity contribution is 7.07. The van der Waals surface area contributed by atoms with Gasteiger partial charge in [-0.3, -0.25) is 4.79 Å². The van der Waals surface area contributed by atoms with Gasteiger partial charge in [-0.1, -0.05) is 38.1 Å². The third-order valence-corrected chi connectivity index (χ3v) is 4.57. The second-order valence-corrected chi connectivity index (χ2v) is 7.04. The molecule has 0 bridgehead atoms. The number of anilines is 1. The molecule has 0 saturated heterocycles. The van der Waals surface area contributed by atoms with E-state index in [-0.39, 0.29) is 12.5 Å². The summed E-state index contributed by atoms with van der Waals surface area (Å²) in [6.07, 6.45) is 0. The maximum absolute atomic E-state index is 12.2. The number of carbonyl (C=O) groups excluding carboxylic acids is 1. The Morgan fingerprint density at radius 2 is 1.89 bits per heavy atom. The number of nitrogens with zero attached hydrogens (tertiary/aromatic N) is 1. The first-order chi connectivity index (χ1) is 13.1. The van der Waals surface area contributed by atoms with Crippen LogP contribution in [0.3, 0.4) is 0 Å². The van der Waals surface area contributed by atoms with Crippen molar-refractivity contribution in [3.05, 3.63) is 70.7 Å². The number of thiazole rings is 1. The predicted molar refractivity (Wildman–Crippen MR) is 108 cm³/mol. The summed E-state index contributed by atoms with van der Waals surface area (Å²) in [5.74, 6) is 1.48. The van der Waals surface area contributed by atoms with Gasteiger partial charge < -0.3 is 14.8 Å². The van der Waals surface area contributed by atoms with Crippen molar-refractivity contribution in [2.45, 2.75) is 26.4 Å². The van der Waals surface area contributed by atoms with Gasteiger partial charge in [0.25, 0.3) is 5.91 Å². The first kappa shape index (κ1) is 18.9. The Hall–Kier alpha value is -2.86. The molecule has 0 aliphatic rings. The SMILES string of the molecule is CC(C)c1ccc(OCC(=O)Nc2ccccc2OCc2cscn2)cc1. The van der Waals surface area contributed by atoms with Crippen molar-refractivity contribution in [1.29, 1.82) is 0 Å². The number of aromatic nitrogens is 1. The fraction of sp³-hybridized carbons (Fsp3) is 0.238. The van der Waals surface area contributed by atoms with E-state index in [4.69, 9.17) is 9.47 Å². The number of hydrogen-bond acceptors (Lipinski definition) is 5. The molecule has 0 radical (unpaired) electrons. The van der Waals surface area contributed by atoms with Crippen LogP contribution in [0.2, 0.25) is 0 Å². The van der Waals surface area contributed by atoms with Gasteiger partial charge in [-0.25, -0.2) is 4.98 Å². The number of hydrogen-bond donors (Lipinski definition) is 1. The highest BCUT2D eigenvalue weighted by atomic mass is 32.1. The minimum atomic E-state index is -0.243. The molecule has 1 amide bonds. The fourth-order valence-electron chi connectivity index (χ4n) is 2.44. The van der Waals surface area contributed by atoms with E-state index in [0.29, 0.717) is 29.7 Å². The molecular formula is C21H22N2O3S. The van der Waals surface area contributed by atoms with Crippen LogP contribution < -0.4 is 14.8 Å². The number of rotatable bonds is 8. The van der Waals surface area contributed by atoms with Crippen molar-refractivity contribution in [3.63, 3.8) is 0 Å². The first-order valence-electron chi connectivity index (χ1n) is 8.73. The highest BCUT2D eigenvalue weighted by Crippen LogP contribution is 2.25. The Labute approximate surface area is 163 Å². The summed E-state index contributed by atoms with van der Waals surface area (Å²) in [6, 6.07) is 15.1. The van der Waals surface area contributed by atoms with Gasteiger partial charge >= 0.3 is 0 Å². The fourth-order valence-corrected chi connectivity index (χ4v) is 2.98. The third-order valence-electron chi connectivity index (χ3n) is 3.94. The third kappa shape index (κ3) is 5.56.